The Morgan fingerprint density at radius 1 is 1.48 bits per heavy atom. The van der Waals surface area contributed by atoms with Crippen LogP contribution >= 0.6 is 0 Å². The molecule has 1 aromatic rings. The number of nitrogens with one attached hydrogen (secondary N) is 1. The Morgan fingerprint density at radius 2 is 2.17 bits per heavy atom. The molecule has 0 radical (unpaired) electrons. The Morgan fingerprint density at radius 3 is 2.65 bits per heavy atom. The van der Waals surface area contributed by atoms with Crippen molar-refractivity contribution >= 4 is 11.9 Å². The fourth-order valence-electron chi connectivity index (χ4n) is 3.39. The van der Waals surface area contributed by atoms with E-state index in [2.05, 4.69) is 43.1 Å². The molecule has 23 heavy (non-hydrogen) atoms. The smallest absolute Gasteiger partial charge is 0.242 e. The highest BCUT2D eigenvalue weighted by molar-refractivity contribution is 5.88. The first kappa shape index (κ1) is 17.3. The van der Waals surface area contributed by atoms with Gasteiger partial charge in [0.2, 0.25) is 5.91 Å². The van der Waals surface area contributed by atoms with Crippen molar-refractivity contribution in [1.82, 2.24) is 24.9 Å². The summed E-state index contributed by atoms with van der Waals surface area (Å²) in [6.07, 6.45) is 1.77. The SMILES string of the molecule is CN=C(NCc1ccnn1C)N1CC(=O)N(C(C)C)C(C)(C)C1. The molecule has 0 aliphatic carbocycles. The van der Waals surface area contributed by atoms with Crippen LogP contribution in [0, 0.1) is 0 Å². The highest BCUT2D eigenvalue weighted by Crippen LogP contribution is 2.24. The van der Waals surface area contributed by atoms with E-state index in [0.29, 0.717) is 13.1 Å². The molecule has 2 heterocycles. The molecule has 1 aliphatic heterocycles. The third kappa shape index (κ3) is 3.65. The second kappa shape index (κ2) is 6.60. The number of hydrogen-bond donors (Lipinski definition) is 1. The van der Waals surface area contributed by atoms with Crippen LogP contribution in [0.3, 0.4) is 0 Å². The highest BCUT2D eigenvalue weighted by atomic mass is 16.2. The zero-order valence-electron chi connectivity index (χ0n) is 15.0. The van der Waals surface area contributed by atoms with Crippen LogP contribution in [0.15, 0.2) is 17.3 Å². The summed E-state index contributed by atoms with van der Waals surface area (Å²) in [6, 6.07) is 2.16. The number of amides is 1. The molecule has 1 saturated heterocycles. The van der Waals surface area contributed by atoms with Crippen LogP contribution in [0.25, 0.3) is 0 Å². The van der Waals surface area contributed by atoms with Gasteiger partial charge in [-0.3, -0.25) is 14.5 Å². The summed E-state index contributed by atoms with van der Waals surface area (Å²) in [7, 11) is 3.66. The molecule has 0 bridgehead atoms. The van der Waals surface area contributed by atoms with E-state index in [4.69, 9.17) is 0 Å². The average molecular weight is 320 g/mol. The Bertz CT molecular complexity index is 589. The van der Waals surface area contributed by atoms with Crippen LogP contribution in [-0.2, 0) is 18.4 Å². The molecule has 0 spiro atoms. The highest BCUT2D eigenvalue weighted by Gasteiger charge is 2.40. The van der Waals surface area contributed by atoms with E-state index >= 15 is 0 Å². The Hall–Kier alpha value is -2.05. The van der Waals surface area contributed by atoms with Gasteiger partial charge in [0.1, 0.15) is 0 Å². The van der Waals surface area contributed by atoms with E-state index in [0.717, 1.165) is 18.2 Å². The third-order valence-electron chi connectivity index (χ3n) is 4.20. The lowest BCUT2D eigenvalue weighted by Crippen LogP contribution is -2.66. The summed E-state index contributed by atoms with van der Waals surface area (Å²) in [6.45, 7) is 10.1. The quantitative estimate of drug-likeness (QED) is 0.662. The van der Waals surface area contributed by atoms with Gasteiger partial charge >= 0.3 is 0 Å². The monoisotopic (exact) mass is 320 g/mol. The number of rotatable bonds is 3. The van der Waals surface area contributed by atoms with Gasteiger partial charge in [-0.1, -0.05) is 0 Å². The zero-order valence-corrected chi connectivity index (χ0v) is 15.0. The van der Waals surface area contributed by atoms with Gasteiger partial charge < -0.3 is 15.1 Å². The van der Waals surface area contributed by atoms with Gasteiger partial charge in [0, 0.05) is 32.9 Å². The number of guanidine groups is 1. The normalized spacial score (nSPS) is 18.7. The second-order valence-corrected chi connectivity index (χ2v) is 6.87. The number of aliphatic imine (C=N–C) groups is 1. The molecule has 7 heteroatoms. The fraction of sp³-hybridized carbons (Fsp3) is 0.688. The van der Waals surface area contributed by atoms with Crippen LogP contribution in [0.5, 0.6) is 0 Å². The molecule has 0 aromatic carbocycles. The number of hydrogen-bond acceptors (Lipinski definition) is 3. The molecule has 2 rings (SSSR count). The Labute approximate surface area is 138 Å². The minimum atomic E-state index is -0.229. The number of carbonyl (C=O) groups is 1. The van der Waals surface area contributed by atoms with Crippen LogP contribution < -0.4 is 5.32 Å². The van der Waals surface area contributed by atoms with Crippen molar-refractivity contribution in [1.29, 1.82) is 0 Å². The summed E-state index contributed by atoms with van der Waals surface area (Å²) in [4.78, 5) is 20.9. The van der Waals surface area contributed by atoms with Gasteiger partial charge in [-0.15, -0.1) is 0 Å². The molecule has 128 valence electrons. The van der Waals surface area contributed by atoms with Crippen molar-refractivity contribution in [3.8, 4) is 0 Å². The van der Waals surface area contributed by atoms with Gasteiger partial charge in [0.25, 0.3) is 0 Å². The van der Waals surface area contributed by atoms with E-state index in [1.165, 1.54) is 0 Å². The lowest BCUT2D eigenvalue weighted by atomic mass is 9.96. The molecule has 1 aromatic heterocycles. The molecule has 0 saturated carbocycles. The third-order valence-corrected chi connectivity index (χ3v) is 4.20. The number of carbonyl (C=O) groups excluding carboxylic acids is 1. The molecule has 1 amide bonds. The molecular formula is C16H28N6O. The summed E-state index contributed by atoms with van der Waals surface area (Å²) in [5.41, 5.74) is 0.839. The van der Waals surface area contributed by atoms with Crippen molar-refractivity contribution < 1.29 is 4.79 Å². The summed E-state index contributed by atoms with van der Waals surface area (Å²) in [5, 5.41) is 7.49. The number of piperazine rings is 1. The summed E-state index contributed by atoms with van der Waals surface area (Å²) in [5.74, 6) is 0.885. The fourth-order valence-corrected chi connectivity index (χ4v) is 3.39. The molecule has 7 nitrogen and oxygen atoms in total. The largest absolute Gasteiger partial charge is 0.351 e. The van der Waals surface area contributed by atoms with Gasteiger partial charge in [-0.2, -0.15) is 5.10 Å². The lowest BCUT2D eigenvalue weighted by molar-refractivity contribution is -0.145. The summed E-state index contributed by atoms with van der Waals surface area (Å²) >= 11 is 0. The maximum absolute atomic E-state index is 12.6. The van der Waals surface area contributed by atoms with Crippen molar-refractivity contribution in [2.75, 3.05) is 20.1 Å². The topological polar surface area (TPSA) is 65.8 Å². The molecule has 1 aliphatic rings. The molecule has 1 N–H and O–H groups in total. The van der Waals surface area contributed by atoms with Gasteiger partial charge in [0.05, 0.1) is 24.3 Å². The minimum Gasteiger partial charge on any atom is -0.351 e. The van der Waals surface area contributed by atoms with Crippen LogP contribution in [0.1, 0.15) is 33.4 Å². The van der Waals surface area contributed by atoms with Crippen molar-refractivity contribution in [3.63, 3.8) is 0 Å². The van der Waals surface area contributed by atoms with E-state index in [1.807, 2.05) is 27.6 Å². The molecule has 0 unspecified atom stereocenters. The lowest BCUT2D eigenvalue weighted by Gasteiger charge is -2.49. The van der Waals surface area contributed by atoms with Crippen molar-refractivity contribution in [3.05, 3.63) is 18.0 Å². The van der Waals surface area contributed by atoms with Crippen LogP contribution in [-0.4, -0.2) is 63.2 Å². The van der Waals surface area contributed by atoms with E-state index in [-0.39, 0.29) is 17.5 Å². The second-order valence-electron chi connectivity index (χ2n) is 6.87. The van der Waals surface area contributed by atoms with Gasteiger partial charge in [0.15, 0.2) is 5.96 Å². The van der Waals surface area contributed by atoms with Crippen molar-refractivity contribution in [2.24, 2.45) is 12.0 Å². The van der Waals surface area contributed by atoms with E-state index in [1.54, 1.807) is 13.2 Å². The first-order valence-corrected chi connectivity index (χ1v) is 8.01. The minimum absolute atomic E-state index is 0.139. The van der Waals surface area contributed by atoms with Crippen LogP contribution in [0.2, 0.25) is 0 Å². The van der Waals surface area contributed by atoms with E-state index < -0.39 is 0 Å². The maximum atomic E-state index is 12.6. The van der Waals surface area contributed by atoms with E-state index in [9.17, 15) is 4.79 Å². The number of aryl methyl sites for hydroxylation is 1. The standard InChI is InChI=1S/C16H28N6O/c1-12(2)22-14(23)10-21(11-16(22,3)4)15(17-5)18-9-13-7-8-19-20(13)6/h7-8,12H,9-11H2,1-6H3,(H,17,18). The Kier molecular flexibility index (Phi) is 4.97. The zero-order chi connectivity index (χ0) is 17.2. The number of aromatic nitrogens is 2. The summed E-state index contributed by atoms with van der Waals surface area (Å²) < 4.78 is 1.83. The first-order chi connectivity index (χ1) is 10.8. The molecule has 0 atom stereocenters. The predicted molar refractivity (Wildman–Crippen MR) is 91.0 cm³/mol. The molecular weight excluding hydrogens is 292 g/mol. The van der Waals surface area contributed by atoms with Crippen LogP contribution in [0.4, 0.5) is 0 Å². The first-order valence-electron chi connectivity index (χ1n) is 8.01. The predicted octanol–water partition coefficient (Wildman–Crippen LogP) is 0.827. The number of nitrogens with zero attached hydrogens (tertiary/aromatic N) is 5. The van der Waals surface area contributed by atoms with Gasteiger partial charge in [-0.25, -0.2) is 0 Å². The van der Waals surface area contributed by atoms with Crippen molar-refractivity contribution in [2.45, 2.75) is 45.8 Å². The average Bonchev–Trinajstić information content (AvgIpc) is 2.82. The Balaban J connectivity index is 2.08. The molecule has 1 fully saturated rings. The maximum Gasteiger partial charge on any atom is 0.242 e. The van der Waals surface area contributed by atoms with Gasteiger partial charge in [-0.05, 0) is 33.8 Å².